The summed E-state index contributed by atoms with van der Waals surface area (Å²) in [5.74, 6) is 0.194. The number of benzene rings is 1. The van der Waals surface area contributed by atoms with E-state index in [0.717, 1.165) is 0 Å². The summed E-state index contributed by atoms with van der Waals surface area (Å²) >= 11 is 5.76. The van der Waals surface area contributed by atoms with E-state index in [1.807, 2.05) is 0 Å². The summed E-state index contributed by atoms with van der Waals surface area (Å²) in [4.78, 5) is 16.4. The number of hydrogen-bond acceptors (Lipinski definition) is 5. The number of carbonyl (C=O) groups is 1. The van der Waals surface area contributed by atoms with Gasteiger partial charge in [0.15, 0.2) is 5.69 Å². The summed E-state index contributed by atoms with van der Waals surface area (Å²) < 4.78 is 23.8. The highest BCUT2D eigenvalue weighted by molar-refractivity contribution is 6.30. The summed E-state index contributed by atoms with van der Waals surface area (Å²) in [7, 11) is 0. The first-order valence-corrected chi connectivity index (χ1v) is 7.67. The average molecular weight is 362 g/mol. The molecule has 0 saturated heterocycles. The molecule has 0 fully saturated rings. The normalized spacial score (nSPS) is 10.5. The molecule has 2 aromatic heterocycles. The standard InChI is InChI=1S/C17H13ClFN3O3/c1-10-14(9-24-13-4-2-3-12(19)7-13)16(22-25-10)17(23)21-15-6-5-11(18)8-20-15/h2-8H,9H2,1H3,(H,20,21,23). The molecule has 25 heavy (non-hydrogen) atoms. The van der Waals surface area contributed by atoms with Crippen LogP contribution in [0.5, 0.6) is 5.75 Å². The van der Waals surface area contributed by atoms with Crippen LogP contribution in [-0.4, -0.2) is 16.0 Å². The van der Waals surface area contributed by atoms with Gasteiger partial charge >= 0.3 is 0 Å². The van der Waals surface area contributed by atoms with Crippen molar-refractivity contribution < 1.29 is 18.4 Å². The second-order valence-electron chi connectivity index (χ2n) is 5.13. The van der Waals surface area contributed by atoms with Crippen LogP contribution in [0, 0.1) is 12.7 Å². The Hall–Kier alpha value is -2.93. The van der Waals surface area contributed by atoms with Gasteiger partial charge in [-0.25, -0.2) is 9.37 Å². The van der Waals surface area contributed by atoms with E-state index >= 15 is 0 Å². The number of aryl methyl sites for hydroxylation is 1. The van der Waals surface area contributed by atoms with Gasteiger partial charge in [0.1, 0.15) is 29.8 Å². The molecule has 0 radical (unpaired) electrons. The zero-order valence-corrected chi connectivity index (χ0v) is 13.9. The van der Waals surface area contributed by atoms with E-state index in [9.17, 15) is 9.18 Å². The molecule has 3 rings (SSSR count). The Balaban J connectivity index is 1.74. The molecule has 6 nitrogen and oxygen atoms in total. The van der Waals surface area contributed by atoms with E-state index in [2.05, 4.69) is 15.5 Å². The average Bonchev–Trinajstić information content (AvgIpc) is 2.96. The molecule has 0 aliphatic rings. The third-order valence-corrected chi connectivity index (χ3v) is 3.57. The fourth-order valence-electron chi connectivity index (χ4n) is 2.08. The third-order valence-electron chi connectivity index (χ3n) is 3.35. The molecular formula is C17H13ClFN3O3. The molecule has 1 aromatic carbocycles. The van der Waals surface area contributed by atoms with Crippen molar-refractivity contribution in [3.63, 3.8) is 0 Å². The molecule has 3 aromatic rings. The van der Waals surface area contributed by atoms with Crippen LogP contribution in [0.1, 0.15) is 21.8 Å². The van der Waals surface area contributed by atoms with Gasteiger partial charge in [0.25, 0.3) is 5.91 Å². The maximum absolute atomic E-state index is 13.2. The number of amides is 1. The molecule has 0 spiro atoms. The lowest BCUT2D eigenvalue weighted by molar-refractivity contribution is 0.101. The highest BCUT2D eigenvalue weighted by Crippen LogP contribution is 2.19. The number of anilines is 1. The van der Waals surface area contributed by atoms with E-state index in [0.29, 0.717) is 27.9 Å². The number of carbonyl (C=O) groups excluding carboxylic acids is 1. The minimum absolute atomic E-state index is 0.00951. The Kier molecular flexibility index (Phi) is 4.95. The van der Waals surface area contributed by atoms with Crippen LogP contribution >= 0.6 is 11.6 Å². The first kappa shape index (κ1) is 16.9. The maximum Gasteiger partial charge on any atom is 0.279 e. The first-order chi connectivity index (χ1) is 12.0. The van der Waals surface area contributed by atoms with Crippen molar-refractivity contribution in [2.75, 3.05) is 5.32 Å². The molecule has 1 N–H and O–H groups in total. The van der Waals surface area contributed by atoms with Crippen molar-refractivity contribution in [3.05, 3.63) is 70.5 Å². The van der Waals surface area contributed by atoms with Crippen molar-refractivity contribution in [2.45, 2.75) is 13.5 Å². The summed E-state index contributed by atoms with van der Waals surface area (Å²) in [5, 5.41) is 6.82. The Bertz CT molecular complexity index is 896. The molecule has 0 aliphatic heterocycles. The fourth-order valence-corrected chi connectivity index (χ4v) is 2.19. The highest BCUT2D eigenvalue weighted by atomic mass is 35.5. The summed E-state index contributed by atoms with van der Waals surface area (Å²) in [5.41, 5.74) is 0.543. The SMILES string of the molecule is Cc1onc(C(=O)Nc2ccc(Cl)cn2)c1COc1cccc(F)c1. The highest BCUT2D eigenvalue weighted by Gasteiger charge is 2.21. The number of pyridine rings is 1. The van der Waals surface area contributed by atoms with Crippen molar-refractivity contribution in [3.8, 4) is 5.75 Å². The lowest BCUT2D eigenvalue weighted by Gasteiger charge is -2.07. The van der Waals surface area contributed by atoms with E-state index < -0.39 is 11.7 Å². The number of hydrogen-bond donors (Lipinski definition) is 1. The number of aromatic nitrogens is 2. The molecule has 0 aliphatic carbocycles. The van der Waals surface area contributed by atoms with Gasteiger partial charge in [-0.05, 0) is 31.2 Å². The van der Waals surface area contributed by atoms with Gasteiger partial charge in [-0.2, -0.15) is 0 Å². The van der Waals surface area contributed by atoms with Crippen LogP contribution < -0.4 is 10.1 Å². The second kappa shape index (κ2) is 7.31. The Morgan fingerprint density at radius 3 is 2.92 bits per heavy atom. The summed E-state index contributed by atoms with van der Waals surface area (Å²) in [6.45, 7) is 1.67. The van der Waals surface area contributed by atoms with Gasteiger partial charge in [0.2, 0.25) is 0 Å². The van der Waals surface area contributed by atoms with Crippen LogP contribution in [0.3, 0.4) is 0 Å². The molecule has 0 atom stereocenters. The van der Waals surface area contributed by atoms with E-state index in [1.165, 1.54) is 24.4 Å². The number of halogens is 2. The number of ether oxygens (including phenoxy) is 1. The van der Waals surface area contributed by atoms with Crippen molar-refractivity contribution >= 4 is 23.3 Å². The Morgan fingerprint density at radius 1 is 1.36 bits per heavy atom. The van der Waals surface area contributed by atoms with Crippen molar-refractivity contribution in [1.82, 2.24) is 10.1 Å². The predicted molar refractivity (Wildman–Crippen MR) is 89.2 cm³/mol. The smallest absolute Gasteiger partial charge is 0.279 e. The quantitative estimate of drug-likeness (QED) is 0.743. The summed E-state index contributed by atoms with van der Waals surface area (Å²) in [6, 6.07) is 8.88. The van der Waals surface area contributed by atoms with Crippen LogP contribution in [0.25, 0.3) is 0 Å². The molecule has 1 amide bonds. The Morgan fingerprint density at radius 2 is 2.20 bits per heavy atom. The molecule has 2 heterocycles. The van der Waals surface area contributed by atoms with Gasteiger partial charge in [-0.3, -0.25) is 4.79 Å². The topological polar surface area (TPSA) is 77.3 Å². The van der Waals surface area contributed by atoms with Crippen molar-refractivity contribution in [1.29, 1.82) is 0 Å². The minimum atomic E-state index is -0.496. The lowest BCUT2D eigenvalue weighted by Crippen LogP contribution is -2.16. The van der Waals surface area contributed by atoms with Gasteiger partial charge in [-0.1, -0.05) is 22.8 Å². The van der Waals surface area contributed by atoms with E-state index in [1.54, 1.807) is 25.1 Å². The zero-order valence-electron chi connectivity index (χ0n) is 13.1. The van der Waals surface area contributed by atoms with Gasteiger partial charge in [-0.15, -0.1) is 0 Å². The number of nitrogens with zero attached hydrogens (tertiary/aromatic N) is 2. The zero-order chi connectivity index (χ0) is 17.8. The van der Waals surface area contributed by atoms with Gasteiger partial charge in [0, 0.05) is 12.3 Å². The largest absolute Gasteiger partial charge is 0.489 e. The molecule has 0 saturated carbocycles. The summed E-state index contributed by atoms with van der Waals surface area (Å²) in [6.07, 6.45) is 1.42. The minimum Gasteiger partial charge on any atom is -0.489 e. The first-order valence-electron chi connectivity index (χ1n) is 7.29. The second-order valence-corrected chi connectivity index (χ2v) is 5.56. The molecule has 0 bridgehead atoms. The predicted octanol–water partition coefficient (Wildman–Crippen LogP) is 4.00. The fraction of sp³-hybridized carbons (Fsp3) is 0.118. The van der Waals surface area contributed by atoms with E-state index in [-0.39, 0.29) is 12.3 Å². The maximum atomic E-state index is 13.2. The van der Waals surface area contributed by atoms with Crippen LogP contribution in [-0.2, 0) is 6.61 Å². The van der Waals surface area contributed by atoms with Crippen molar-refractivity contribution in [2.24, 2.45) is 0 Å². The van der Waals surface area contributed by atoms with Gasteiger partial charge < -0.3 is 14.6 Å². The van der Waals surface area contributed by atoms with Crippen LogP contribution in [0.2, 0.25) is 5.02 Å². The molecular weight excluding hydrogens is 349 g/mol. The van der Waals surface area contributed by atoms with E-state index in [4.69, 9.17) is 20.9 Å². The van der Waals surface area contributed by atoms with Gasteiger partial charge in [0.05, 0.1) is 10.6 Å². The number of nitrogens with one attached hydrogen (secondary N) is 1. The molecule has 128 valence electrons. The lowest BCUT2D eigenvalue weighted by atomic mass is 10.2. The molecule has 8 heteroatoms. The monoisotopic (exact) mass is 361 g/mol. The third kappa shape index (κ3) is 4.13. The van der Waals surface area contributed by atoms with Crippen LogP contribution in [0.15, 0.2) is 47.1 Å². The molecule has 0 unspecified atom stereocenters. The van der Waals surface area contributed by atoms with Crippen LogP contribution in [0.4, 0.5) is 10.2 Å². The number of rotatable bonds is 5. The Labute approximate surface area is 147 Å².